The van der Waals surface area contributed by atoms with Gasteiger partial charge in [0.25, 0.3) is 0 Å². The zero-order valence-corrected chi connectivity index (χ0v) is 11.7. The van der Waals surface area contributed by atoms with Crippen LogP contribution in [0.2, 0.25) is 0 Å². The summed E-state index contributed by atoms with van der Waals surface area (Å²) in [5, 5.41) is 3.34. The highest BCUT2D eigenvalue weighted by molar-refractivity contribution is 5.40. The van der Waals surface area contributed by atoms with Gasteiger partial charge in [0, 0.05) is 18.0 Å². The SMILES string of the molecule is CCC1CCCC12CC(NC)c1cc(F)ccc1O2. The lowest BCUT2D eigenvalue weighted by Gasteiger charge is -2.43. The molecule has 104 valence electrons. The summed E-state index contributed by atoms with van der Waals surface area (Å²) in [5.74, 6) is 1.31. The molecule has 1 aliphatic heterocycles. The topological polar surface area (TPSA) is 21.3 Å². The van der Waals surface area contributed by atoms with E-state index in [2.05, 4.69) is 12.2 Å². The van der Waals surface area contributed by atoms with E-state index in [1.54, 1.807) is 12.1 Å². The van der Waals surface area contributed by atoms with Crippen molar-refractivity contribution in [3.63, 3.8) is 0 Å². The van der Waals surface area contributed by atoms with Crippen LogP contribution in [0.15, 0.2) is 18.2 Å². The molecule has 1 aromatic carbocycles. The van der Waals surface area contributed by atoms with Crippen LogP contribution in [0.25, 0.3) is 0 Å². The van der Waals surface area contributed by atoms with Gasteiger partial charge in [-0.05, 0) is 56.8 Å². The first-order valence-corrected chi connectivity index (χ1v) is 7.34. The van der Waals surface area contributed by atoms with Crippen LogP contribution >= 0.6 is 0 Å². The maximum absolute atomic E-state index is 13.4. The van der Waals surface area contributed by atoms with Crippen LogP contribution in [0.1, 0.15) is 50.6 Å². The zero-order chi connectivity index (χ0) is 13.5. The van der Waals surface area contributed by atoms with Crippen molar-refractivity contribution in [3.05, 3.63) is 29.6 Å². The van der Waals surface area contributed by atoms with Gasteiger partial charge in [-0.15, -0.1) is 0 Å². The Hall–Kier alpha value is -1.09. The van der Waals surface area contributed by atoms with Gasteiger partial charge in [0.05, 0.1) is 0 Å². The molecule has 1 saturated carbocycles. The van der Waals surface area contributed by atoms with E-state index in [1.165, 1.54) is 18.9 Å². The Morgan fingerprint density at radius 2 is 2.32 bits per heavy atom. The van der Waals surface area contributed by atoms with Gasteiger partial charge in [0.1, 0.15) is 17.2 Å². The van der Waals surface area contributed by atoms with E-state index in [-0.39, 0.29) is 17.5 Å². The third kappa shape index (κ3) is 2.04. The third-order valence-corrected chi connectivity index (χ3v) is 4.95. The molecule has 1 spiro atoms. The number of halogens is 1. The van der Waals surface area contributed by atoms with Gasteiger partial charge in [0.2, 0.25) is 0 Å². The number of ether oxygens (including phenoxy) is 1. The van der Waals surface area contributed by atoms with Gasteiger partial charge >= 0.3 is 0 Å². The van der Waals surface area contributed by atoms with Crippen molar-refractivity contribution in [2.24, 2.45) is 5.92 Å². The zero-order valence-electron chi connectivity index (χ0n) is 11.7. The highest BCUT2D eigenvalue weighted by atomic mass is 19.1. The highest BCUT2D eigenvalue weighted by Gasteiger charge is 2.48. The fourth-order valence-corrected chi connectivity index (χ4v) is 3.95. The van der Waals surface area contributed by atoms with E-state index >= 15 is 0 Å². The van der Waals surface area contributed by atoms with Crippen molar-refractivity contribution in [2.45, 2.75) is 50.7 Å². The van der Waals surface area contributed by atoms with Crippen molar-refractivity contribution in [2.75, 3.05) is 7.05 Å². The largest absolute Gasteiger partial charge is 0.487 e. The van der Waals surface area contributed by atoms with E-state index in [0.717, 1.165) is 30.6 Å². The summed E-state index contributed by atoms with van der Waals surface area (Å²) >= 11 is 0. The molecule has 2 aliphatic rings. The smallest absolute Gasteiger partial charge is 0.125 e. The van der Waals surface area contributed by atoms with Crippen LogP contribution in [0, 0.1) is 11.7 Å². The van der Waals surface area contributed by atoms with Crippen molar-refractivity contribution in [1.82, 2.24) is 5.32 Å². The van der Waals surface area contributed by atoms with Crippen molar-refractivity contribution >= 4 is 0 Å². The number of rotatable bonds is 2. The standard InChI is InChI=1S/C16H22FNO/c1-3-11-5-4-8-16(11)10-14(18-2)13-9-12(17)6-7-15(13)19-16/h6-7,9,11,14,18H,3-5,8,10H2,1-2H3. The Morgan fingerprint density at radius 3 is 3.05 bits per heavy atom. The number of nitrogens with one attached hydrogen (secondary N) is 1. The fourth-order valence-electron chi connectivity index (χ4n) is 3.95. The molecule has 3 rings (SSSR count). The van der Waals surface area contributed by atoms with Gasteiger partial charge in [-0.1, -0.05) is 6.92 Å². The molecule has 1 N–H and O–H groups in total. The molecule has 0 aromatic heterocycles. The third-order valence-electron chi connectivity index (χ3n) is 4.95. The van der Waals surface area contributed by atoms with Crippen LogP contribution in [-0.2, 0) is 0 Å². The quantitative estimate of drug-likeness (QED) is 0.876. The van der Waals surface area contributed by atoms with Gasteiger partial charge in [-0.25, -0.2) is 4.39 Å². The summed E-state index contributed by atoms with van der Waals surface area (Å²) < 4.78 is 19.8. The monoisotopic (exact) mass is 263 g/mol. The Labute approximate surface area is 114 Å². The molecular formula is C16H22FNO. The fraction of sp³-hybridized carbons (Fsp3) is 0.625. The second-order valence-electron chi connectivity index (χ2n) is 5.89. The first kappa shape index (κ1) is 12.9. The molecule has 3 atom stereocenters. The Morgan fingerprint density at radius 1 is 1.47 bits per heavy atom. The average molecular weight is 263 g/mol. The van der Waals surface area contributed by atoms with Gasteiger partial charge < -0.3 is 10.1 Å². The summed E-state index contributed by atoms with van der Waals surface area (Å²) in [6.45, 7) is 2.25. The van der Waals surface area contributed by atoms with Gasteiger partial charge in [-0.2, -0.15) is 0 Å². The summed E-state index contributed by atoms with van der Waals surface area (Å²) in [7, 11) is 1.95. The van der Waals surface area contributed by atoms with Gasteiger partial charge in [-0.3, -0.25) is 0 Å². The van der Waals surface area contributed by atoms with Crippen LogP contribution in [0.3, 0.4) is 0 Å². The van der Waals surface area contributed by atoms with Crippen LogP contribution in [-0.4, -0.2) is 12.6 Å². The molecule has 19 heavy (non-hydrogen) atoms. The Kier molecular flexibility index (Phi) is 3.25. The lowest BCUT2D eigenvalue weighted by Crippen LogP contribution is -2.46. The lowest BCUT2D eigenvalue weighted by atomic mass is 9.79. The van der Waals surface area contributed by atoms with E-state index < -0.39 is 0 Å². The second kappa shape index (κ2) is 4.78. The molecule has 1 aromatic rings. The van der Waals surface area contributed by atoms with Crippen molar-refractivity contribution in [1.29, 1.82) is 0 Å². The van der Waals surface area contributed by atoms with E-state index in [1.807, 2.05) is 7.05 Å². The molecule has 2 nitrogen and oxygen atoms in total. The Bertz CT molecular complexity index is 476. The van der Waals surface area contributed by atoms with Crippen LogP contribution in [0.4, 0.5) is 4.39 Å². The van der Waals surface area contributed by atoms with Crippen LogP contribution < -0.4 is 10.1 Å². The number of benzene rings is 1. The molecular weight excluding hydrogens is 241 g/mol. The lowest BCUT2D eigenvalue weighted by molar-refractivity contribution is -0.00483. The predicted octanol–water partition coefficient (Wildman–Crippen LogP) is 3.82. The van der Waals surface area contributed by atoms with Gasteiger partial charge in [0.15, 0.2) is 0 Å². The first-order chi connectivity index (χ1) is 9.18. The van der Waals surface area contributed by atoms with E-state index in [4.69, 9.17) is 4.74 Å². The average Bonchev–Trinajstić information content (AvgIpc) is 2.80. The highest BCUT2D eigenvalue weighted by Crippen LogP contribution is 2.50. The molecule has 0 bridgehead atoms. The molecule has 1 heterocycles. The summed E-state index contributed by atoms with van der Waals surface area (Å²) in [6.07, 6.45) is 5.74. The Balaban J connectivity index is 2.00. The molecule has 0 saturated heterocycles. The minimum absolute atomic E-state index is 0.0345. The van der Waals surface area contributed by atoms with Crippen LogP contribution in [0.5, 0.6) is 5.75 Å². The molecule has 1 aliphatic carbocycles. The summed E-state index contributed by atoms with van der Waals surface area (Å²) in [5.41, 5.74) is 0.933. The number of hydrogen-bond donors (Lipinski definition) is 1. The summed E-state index contributed by atoms with van der Waals surface area (Å²) in [6, 6.07) is 5.10. The normalized spacial score (nSPS) is 33.2. The number of hydrogen-bond acceptors (Lipinski definition) is 2. The molecule has 0 radical (unpaired) electrons. The molecule has 3 unspecified atom stereocenters. The van der Waals surface area contributed by atoms with Crippen molar-refractivity contribution in [3.8, 4) is 5.75 Å². The predicted molar refractivity (Wildman–Crippen MR) is 73.8 cm³/mol. The molecule has 0 amide bonds. The minimum Gasteiger partial charge on any atom is -0.487 e. The maximum Gasteiger partial charge on any atom is 0.125 e. The summed E-state index contributed by atoms with van der Waals surface area (Å²) in [4.78, 5) is 0. The van der Waals surface area contributed by atoms with Crippen molar-refractivity contribution < 1.29 is 9.13 Å². The van der Waals surface area contributed by atoms with E-state index in [9.17, 15) is 4.39 Å². The number of fused-ring (bicyclic) bond motifs is 1. The molecule has 3 heteroatoms. The second-order valence-corrected chi connectivity index (χ2v) is 5.89. The minimum atomic E-state index is -0.183. The maximum atomic E-state index is 13.4. The first-order valence-electron chi connectivity index (χ1n) is 7.34. The molecule has 1 fully saturated rings. The van der Waals surface area contributed by atoms with E-state index in [0.29, 0.717) is 5.92 Å².